The SMILES string of the molecule is CC(NC(=O)CCC(CCN)C(C)(C)C)C1CCCC1. The van der Waals surface area contributed by atoms with Crippen molar-refractivity contribution in [2.75, 3.05) is 6.54 Å². The second-order valence-electron chi connectivity index (χ2n) is 7.58. The monoisotopic (exact) mass is 282 g/mol. The van der Waals surface area contributed by atoms with Gasteiger partial charge in [-0.3, -0.25) is 4.79 Å². The number of amides is 1. The summed E-state index contributed by atoms with van der Waals surface area (Å²) < 4.78 is 0. The average Bonchev–Trinajstić information content (AvgIpc) is 2.86. The Kier molecular flexibility index (Phi) is 7.01. The minimum Gasteiger partial charge on any atom is -0.353 e. The lowest BCUT2D eigenvalue weighted by atomic mass is 9.76. The lowest BCUT2D eigenvalue weighted by Gasteiger charge is -2.30. The van der Waals surface area contributed by atoms with Crippen LogP contribution >= 0.6 is 0 Å². The lowest BCUT2D eigenvalue weighted by molar-refractivity contribution is -0.122. The normalized spacial score (nSPS) is 19.9. The summed E-state index contributed by atoms with van der Waals surface area (Å²) in [6.45, 7) is 9.60. The Morgan fingerprint density at radius 2 is 1.85 bits per heavy atom. The van der Waals surface area contributed by atoms with Gasteiger partial charge in [0, 0.05) is 12.5 Å². The van der Waals surface area contributed by atoms with Gasteiger partial charge in [-0.15, -0.1) is 0 Å². The highest BCUT2D eigenvalue weighted by molar-refractivity contribution is 5.76. The van der Waals surface area contributed by atoms with Gasteiger partial charge in [0.1, 0.15) is 0 Å². The fourth-order valence-electron chi connectivity index (χ4n) is 3.42. The van der Waals surface area contributed by atoms with Crippen molar-refractivity contribution in [3.05, 3.63) is 0 Å². The van der Waals surface area contributed by atoms with Gasteiger partial charge in [-0.05, 0) is 56.4 Å². The Hall–Kier alpha value is -0.570. The first-order valence-electron chi connectivity index (χ1n) is 8.34. The van der Waals surface area contributed by atoms with E-state index < -0.39 is 0 Å². The van der Waals surface area contributed by atoms with Crippen molar-refractivity contribution < 1.29 is 4.79 Å². The molecule has 0 radical (unpaired) electrons. The van der Waals surface area contributed by atoms with Crippen LogP contribution in [0.5, 0.6) is 0 Å². The first-order valence-corrected chi connectivity index (χ1v) is 8.34. The van der Waals surface area contributed by atoms with Gasteiger partial charge in [-0.1, -0.05) is 33.6 Å². The summed E-state index contributed by atoms with van der Waals surface area (Å²) in [7, 11) is 0. The van der Waals surface area contributed by atoms with E-state index in [1.165, 1.54) is 25.7 Å². The Bertz CT molecular complexity index is 290. The number of nitrogens with one attached hydrogen (secondary N) is 1. The molecule has 3 N–H and O–H groups in total. The number of carbonyl (C=O) groups is 1. The molecule has 1 aliphatic carbocycles. The Balaban J connectivity index is 2.33. The van der Waals surface area contributed by atoms with Crippen molar-refractivity contribution in [1.29, 1.82) is 0 Å². The summed E-state index contributed by atoms with van der Waals surface area (Å²) in [5, 5.41) is 3.20. The van der Waals surface area contributed by atoms with Crippen LogP contribution in [0.3, 0.4) is 0 Å². The molecule has 118 valence electrons. The zero-order valence-electron chi connectivity index (χ0n) is 13.9. The molecule has 3 nitrogen and oxygen atoms in total. The minimum atomic E-state index is 0.218. The Labute approximate surface area is 125 Å². The molecule has 1 aliphatic rings. The zero-order chi connectivity index (χ0) is 15.2. The fraction of sp³-hybridized carbons (Fsp3) is 0.941. The predicted octanol–water partition coefficient (Wildman–Crippen LogP) is 3.47. The van der Waals surface area contributed by atoms with E-state index in [0.29, 0.717) is 30.8 Å². The molecule has 3 heteroatoms. The first-order chi connectivity index (χ1) is 9.34. The maximum atomic E-state index is 12.1. The molecule has 20 heavy (non-hydrogen) atoms. The van der Waals surface area contributed by atoms with Crippen LogP contribution in [0.25, 0.3) is 0 Å². The van der Waals surface area contributed by atoms with Gasteiger partial charge in [-0.2, -0.15) is 0 Å². The number of nitrogens with two attached hydrogens (primary N) is 1. The van der Waals surface area contributed by atoms with Gasteiger partial charge in [0.05, 0.1) is 0 Å². The number of rotatable bonds is 7. The van der Waals surface area contributed by atoms with Crippen LogP contribution in [-0.4, -0.2) is 18.5 Å². The standard InChI is InChI=1S/C17H34N2O/c1-13(14-7-5-6-8-14)19-16(20)10-9-15(11-12-18)17(2,3)4/h13-15H,5-12,18H2,1-4H3,(H,19,20). The average molecular weight is 282 g/mol. The van der Waals surface area contributed by atoms with E-state index >= 15 is 0 Å². The first kappa shape index (κ1) is 17.5. The van der Waals surface area contributed by atoms with Crippen molar-refractivity contribution in [3.63, 3.8) is 0 Å². The minimum absolute atomic E-state index is 0.218. The third-order valence-electron chi connectivity index (χ3n) is 4.96. The van der Waals surface area contributed by atoms with Crippen molar-refractivity contribution in [3.8, 4) is 0 Å². The number of carbonyl (C=O) groups excluding carboxylic acids is 1. The molecule has 2 atom stereocenters. The largest absolute Gasteiger partial charge is 0.353 e. The van der Waals surface area contributed by atoms with Crippen LogP contribution < -0.4 is 11.1 Å². The number of hydrogen-bond donors (Lipinski definition) is 2. The maximum absolute atomic E-state index is 12.1. The third kappa shape index (κ3) is 5.82. The molecule has 2 unspecified atom stereocenters. The molecular formula is C17H34N2O. The van der Waals surface area contributed by atoms with Crippen LogP contribution in [0, 0.1) is 17.3 Å². The Morgan fingerprint density at radius 1 is 1.25 bits per heavy atom. The summed E-state index contributed by atoms with van der Waals surface area (Å²) in [5.41, 5.74) is 5.93. The smallest absolute Gasteiger partial charge is 0.220 e. The quantitative estimate of drug-likeness (QED) is 0.751. The van der Waals surface area contributed by atoms with E-state index in [1.54, 1.807) is 0 Å². The summed E-state index contributed by atoms with van der Waals surface area (Å²) in [5.74, 6) is 1.44. The fourth-order valence-corrected chi connectivity index (χ4v) is 3.42. The topological polar surface area (TPSA) is 55.1 Å². The van der Waals surface area contributed by atoms with Gasteiger partial charge in [-0.25, -0.2) is 0 Å². The lowest BCUT2D eigenvalue weighted by Crippen LogP contribution is -2.37. The van der Waals surface area contributed by atoms with Crippen LogP contribution in [0.4, 0.5) is 0 Å². The molecular weight excluding hydrogens is 248 g/mol. The highest BCUT2D eigenvalue weighted by atomic mass is 16.1. The molecule has 0 heterocycles. The molecule has 0 aromatic heterocycles. The molecule has 1 saturated carbocycles. The molecule has 0 spiro atoms. The van der Waals surface area contributed by atoms with Gasteiger partial charge in [0.2, 0.25) is 5.91 Å². The molecule has 1 rings (SSSR count). The van der Waals surface area contributed by atoms with E-state index in [9.17, 15) is 4.79 Å². The molecule has 0 aromatic carbocycles. The van der Waals surface area contributed by atoms with E-state index in [4.69, 9.17) is 5.73 Å². The van der Waals surface area contributed by atoms with Crippen molar-refractivity contribution in [2.45, 2.75) is 78.7 Å². The van der Waals surface area contributed by atoms with Crippen LogP contribution in [-0.2, 0) is 4.79 Å². The third-order valence-corrected chi connectivity index (χ3v) is 4.96. The summed E-state index contributed by atoms with van der Waals surface area (Å²) in [6.07, 6.45) is 7.80. The zero-order valence-corrected chi connectivity index (χ0v) is 13.9. The van der Waals surface area contributed by atoms with Crippen LogP contribution in [0.15, 0.2) is 0 Å². The highest BCUT2D eigenvalue weighted by Gasteiger charge is 2.26. The maximum Gasteiger partial charge on any atom is 0.220 e. The molecule has 1 fully saturated rings. The van der Waals surface area contributed by atoms with Gasteiger partial charge >= 0.3 is 0 Å². The summed E-state index contributed by atoms with van der Waals surface area (Å²) >= 11 is 0. The van der Waals surface area contributed by atoms with Crippen molar-refractivity contribution in [2.24, 2.45) is 23.0 Å². The van der Waals surface area contributed by atoms with Crippen molar-refractivity contribution in [1.82, 2.24) is 5.32 Å². The predicted molar refractivity (Wildman–Crippen MR) is 85.4 cm³/mol. The van der Waals surface area contributed by atoms with E-state index in [0.717, 1.165) is 12.8 Å². The number of hydrogen-bond acceptors (Lipinski definition) is 2. The summed E-state index contributed by atoms with van der Waals surface area (Å²) in [6, 6.07) is 0.340. The molecule has 0 saturated heterocycles. The second-order valence-corrected chi connectivity index (χ2v) is 7.58. The highest BCUT2D eigenvalue weighted by Crippen LogP contribution is 2.32. The summed E-state index contributed by atoms with van der Waals surface area (Å²) in [4.78, 5) is 12.1. The van der Waals surface area contributed by atoms with Gasteiger partial charge in [0.15, 0.2) is 0 Å². The van der Waals surface area contributed by atoms with Crippen LogP contribution in [0.1, 0.15) is 72.6 Å². The van der Waals surface area contributed by atoms with E-state index in [2.05, 4.69) is 33.0 Å². The van der Waals surface area contributed by atoms with Gasteiger partial charge in [0.25, 0.3) is 0 Å². The Morgan fingerprint density at radius 3 is 2.35 bits per heavy atom. The van der Waals surface area contributed by atoms with E-state index in [-0.39, 0.29) is 11.3 Å². The molecule has 0 aliphatic heterocycles. The van der Waals surface area contributed by atoms with Gasteiger partial charge < -0.3 is 11.1 Å². The molecule has 0 bridgehead atoms. The second kappa shape index (κ2) is 8.02. The molecule has 1 amide bonds. The van der Waals surface area contributed by atoms with E-state index in [1.807, 2.05) is 0 Å². The molecule has 0 aromatic rings. The van der Waals surface area contributed by atoms with Crippen LogP contribution in [0.2, 0.25) is 0 Å². The van der Waals surface area contributed by atoms with Crippen molar-refractivity contribution >= 4 is 5.91 Å².